The molecule has 0 aromatic carbocycles. The van der Waals surface area contributed by atoms with Crippen molar-refractivity contribution in [1.29, 1.82) is 0 Å². The molecule has 0 saturated heterocycles. The van der Waals surface area contributed by atoms with Crippen molar-refractivity contribution >= 4 is 17.8 Å². The highest BCUT2D eigenvalue weighted by atomic mass is 16.1. The van der Waals surface area contributed by atoms with Crippen molar-refractivity contribution < 1.29 is 4.79 Å². The number of hydrogen-bond donors (Lipinski definition) is 1. The molecule has 2 rings (SSSR count). The van der Waals surface area contributed by atoms with Crippen molar-refractivity contribution in [2.45, 2.75) is 6.42 Å². The Kier molecular flexibility index (Phi) is 1.73. The van der Waals surface area contributed by atoms with Crippen LogP contribution in [0.2, 0.25) is 0 Å². The fourth-order valence-corrected chi connectivity index (χ4v) is 1.23. The van der Waals surface area contributed by atoms with Crippen LogP contribution in [0.3, 0.4) is 0 Å². The van der Waals surface area contributed by atoms with Gasteiger partial charge in [-0.05, 0) is 11.6 Å². The van der Waals surface area contributed by atoms with Gasteiger partial charge in [0.25, 0.3) is 5.91 Å². The normalized spacial score (nSPS) is 19.8. The second-order valence-corrected chi connectivity index (χ2v) is 2.64. The van der Waals surface area contributed by atoms with Gasteiger partial charge in [0, 0.05) is 5.57 Å². The molecule has 1 amide bonds. The lowest BCUT2D eigenvalue weighted by Gasteiger charge is -1.98. The SMILES string of the molecule is NC(=O)C1=C2CCN=NN=C2C=N1. The number of fused-ring (bicyclic) bond motifs is 1. The Morgan fingerprint density at radius 1 is 1.54 bits per heavy atom. The smallest absolute Gasteiger partial charge is 0.267 e. The largest absolute Gasteiger partial charge is 0.364 e. The number of rotatable bonds is 1. The highest BCUT2D eigenvalue weighted by Gasteiger charge is 2.22. The van der Waals surface area contributed by atoms with Gasteiger partial charge in [0.1, 0.15) is 11.4 Å². The van der Waals surface area contributed by atoms with E-state index in [1.807, 2.05) is 0 Å². The molecule has 0 aromatic rings. The molecule has 6 heteroatoms. The van der Waals surface area contributed by atoms with Gasteiger partial charge in [0.05, 0.1) is 12.8 Å². The van der Waals surface area contributed by atoms with E-state index in [4.69, 9.17) is 5.73 Å². The van der Waals surface area contributed by atoms with E-state index in [0.29, 0.717) is 18.7 Å². The summed E-state index contributed by atoms with van der Waals surface area (Å²) in [6, 6.07) is 0. The Labute approximate surface area is 73.9 Å². The summed E-state index contributed by atoms with van der Waals surface area (Å²) in [5.41, 5.74) is 6.75. The van der Waals surface area contributed by atoms with Gasteiger partial charge < -0.3 is 5.73 Å². The number of nitrogens with zero attached hydrogens (tertiary/aromatic N) is 4. The average molecular weight is 177 g/mol. The van der Waals surface area contributed by atoms with Gasteiger partial charge in [-0.25, -0.2) is 4.99 Å². The number of aliphatic imine (C=N–C) groups is 1. The summed E-state index contributed by atoms with van der Waals surface area (Å²) in [5, 5.41) is 11.1. The van der Waals surface area contributed by atoms with Crippen LogP contribution >= 0.6 is 0 Å². The van der Waals surface area contributed by atoms with Crippen LogP contribution in [0, 0.1) is 0 Å². The Hall–Kier alpha value is -1.85. The van der Waals surface area contributed by atoms with Gasteiger partial charge in [-0.3, -0.25) is 4.79 Å². The maximum Gasteiger partial charge on any atom is 0.267 e. The highest BCUT2D eigenvalue weighted by molar-refractivity contribution is 6.42. The molecule has 0 unspecified atom stereocenters. The predicted molar refractivity (Wildman–Crippen MR) is 46.5 cm³/mol. The molecule has 0 spiro atoms. The molecule has 0 aliphatic carbocycles. The molecule has 2 aliphatic rings. The first-order valence-corrected chi connectivity index (χ1v) is 3.81. The quantitative estimate of drug-likeness (QED) is 0.600. The van der Waals surface area contributed by atoms with Crippen molar-refractivity contribution in [2.75, 3.05) is 6.54 Å². The Morgan fingerprint density at radius 3 is 3.15 bits per heavy atom. The lowest BCUT2D eigenvalue weighted by atomic mass is 10.1. The second kappa shape index (κ2) is 2.89. The van der Waals surface area contributed by atoms with Gasteiger partial charge in [-0.2, -0.15) is 5.11 Å². The van der Waals surface area contributed by atoms with Crippen LogP contribution in [0.15, 0.2) is 31.7 Å². The van der Waals surface area contributed by atoms with Crippen molar-refractivity contribution in [1.82, 2.24) is 0 Å². The number of carbonyl (C=O) groups is 1. The predicted octanol–water partition coefficient (Wildman–Crippen LogP) is 0.0221. The minimum Gasteiger partial charge on any atom is -0.364 e. The first kappa shape index (κ1) is 7.78. The second-order valence-electron chi connectivity index (χ2n) is 2.64. The zero-order chi connectivity index (χ0) is 9.26. The van der Waals surface area contributed by atoms with Gasteiger partial charge in [-0.15, -0.1) is 5.10 Å². The first-order valence-electron chi connectivity index (χ1n) is 3.81. The van der Waals surface area contributed by atoms with Crippen molar-refractivity contribution in [3.63, 3.8) is 0 Å². The van der Waals surface area contributed by atoms with Crippen LogP contribution in [0.1, 0.15) is 6.42 Å². The maximum absolute atomic E-state index is 10.9. The van der Waals surface area contributed by atoms with Gasteiger partial charge in [0.2, 0.25) is 0 Å². The third kappa shape index (κ3) is 1.26. The molecule has 0 atom stereocenters. The lowest BCUT2D eigenvalue weighted by Crippen LogP contribution is -2.14. The maximum atomic E-state index is 10.9. The zero-order valence-electron chi connectivity index (χ0n) is 6.77. The van der Waals surface area contributed by atoms with Crippen LogP contribution < -0.4 is 5.73 Å². The molecule has 66 valence electrons. The van der Waals surface area contributed by atoms with E-state index >= 15 is 0 Å². The molecule has 6 nitrogen and oxygen atoms in total. The fraction of sp³-hybridized carbons (Fsp3) is 0.286. The van der Waals surface area contributed by atoms with E-state index in [1.54, 1.807) is 0 Å². The molecule has 2 N–H and O–H groups in total. The lowest BCUT2D eigenvalue weighted by molar-refractivity contribution is -0.114. The number of amides is 1. The van der Waals surface area contributed by atoms with Gasteiger partial charge in [0.15, 0.2) is 0 Å². The summed E-state index contributed by atoms with van der Waals surface area (Å²) in [5.74, 6) is -0.529. The van der Waals surface area contributed by atoms with Crippen molar-refractivity contribution in [2.24, 2.45) is 26.2 Å². The Morgan fingerprint density at radius 2 is 2.38 bits per heavy atom. The van der Waals surface area contributed by atoms with Crippen molar-refractivity contribution in [3.05, 3.63) is 11.3 Å². The first-order chi connectivity index (χ1) is 6.29. The van der Waals surface area contributed by atoms with Crippen LogP contribution in [-0.4, -0.2) is 24.4 Å². The molecule has 0 aromatic heterocycles. The van der Waals surface area contributed by atoms with Crippen LogP contribution in [0.5, 0.6) is 0 Å². The molecule has 0 saturated carbocycles. The number of primary amides is 1. The minimum absolute atomic E-state index is 0.283. The average Bonchev–Trinajstić information content (AvgIpc) is 2.36. The van der Waals surface area contributed by atoms with E-state index in [2.05, 4.69) is 20.4 Å². The molecule has 0 radical (unpaired) electrons. The molecular weight excluding hydrogens is 170 g/mol. The third-order valence-electron chi connectivity index (χ3n) is 1.82. The summed E-state index contributed by atoms with van der Waals surface area (Å²) in [4.78, 5) is 14.8. The van der Waals surface area contributed by atoms with E-state index in [0.717, 1.165) is 5.57 Å². The standard InChI is InChI=1S/C7H7N5O/c8-7(13)6-4-1-2-10-12-11-5(4)3-9-6/h3H,1-2H2,(H2,8,13). The van der Waals surface area contributed by atoms with E-state index in [-0.39, 0.29) is 5.70 Å². The molecule has 2 aliphatic heterocycles. The van der Waals surface area contributed by atoms with Crippen LogP contribution in [-0.2, 0) is 4.79 Å². The van der Waals surface area contributed by atoms with E-state index in [1.165, 1.54) is 6.21 Å². The summed E-state index contributed by atoms with van der Waals surface area (Å²) in [6.45, 7) is 0.516. The molecule has 0 fully saturated rings. The van der Waals surface area contributed by atoms with Crippen molar-refractivity contribution in [3.8, 4) is 0 Å². The molecule has 13 heavy (non-hydrogen) atoms. The topological polar surface area (TPSA) is 92.5 Å². The monoisotopic (exact) mass is 177 g/mol. The van der Waals surface area contributed by atoms with Gasteiger partial charge in [-0.1, -0.05) is 0 Å². The molecular formula is C7H7N5O. The number of nitrogens with two attached hydrogens (primary N) is 1. The summed E-state index contributed by atoms with van der Waals surface area (Å²) >= 11 is 0. The summed E-state index contributed by atoms with van der Waals surface area (Å²) in [6.07, 6.45) is 2.10. The third-order valence-corrected chi connectivity index (χ3v) is 1.82. The molecule has 0 bridgehead atoms. The number of carbonyl (C=O) groups excluding carboxylic acids is 1. The summed E-state index contributed by atoms with van der Waals surface area (Å²) in [7, 11) is 0. The summed E-state index contributed by atoms with van der Waals surface area (Å²) < 4.78 is 0. The highest BCUT2D eigenvalue weighted by Crippen LogP contribution is 2.19. The Bertz CT molecular complexity index is 376. The van der Waals surface area contributed by atoms with E-state index < -0.39 is 5.91 Å². The number of hydrogen-bond acceptors (Lipinski definition) is 5. The Balaban J connectivity index is 2.45. The van der Waals surface area contributed by atoms with Crippen LogP contribution in [0.4, 0.5) is 0 Å². The van der Waals surface area contributed by atoms with Crippen LogP contribution in [0.25, 0.3) is 0 Å². The van der Waals surface area contributed by atoms with E-state index in [9.17, 15) is 4.79 Å². The molecule has 2 heterocycles. The fourth-order valence-electron chi connectivity index (χ4n) is 1.23. The van der Waals surface area contributed by atoms with Gasteiger partial charge >= 0.3 is 0 Å². The zero-order valence-corrected chi connectivity index (χ0v) is 6.77. The minimum atomic E-state index is -0.529.